The summed E-state index contributed by atoms with van der Waals surface area (Å²) in [6.45, 7) is 0. The molecule has 0 saturated heterocycles. The predicted octanol–water partition coefficient (Wildman–Crippen LogP) is 5.07. The van der Waals surface area contributed by atoms with E-state index in [9.17, 15) is 4.79 Å². The summed E-state index contributed by atoms with van der Waals surface area (Å²) in [6, 6.07) is 23.4. The minimum atomic E-state index is -0.223. The Balaban J connectivity index is 1.45. The van der Waals surface area contributed by atoms with Gasteiger partial charge in [0, 0.05) is 30.9 Å². The molecule has 0 aliphatic heterocycles. The Labute approximate surface area is 220 Å². The van der Waals surface area contributed by atoms with E-state index in [1.165, 1.54) is 11.8 Å². The van der Waals surface area contributed by atoms with Crippen molar-refractivity contribution in [3.8, 4) is 34.0 Å². The number of carbonyl (C=O) groups excluding carboxylic acids is 1. The SMILES string of the molecule is COc1ccc(-c2nc(SCC(=O)N/N=C/c3ccc(N(C)C)cc3)[nH]c2-c2ccc(OC)cc2)cc1. The Kier molecular flexibility index (Phi) is 8.48. The Morgan fingerprint density at radius 3 is 2.11 bits per heavy atom. The fraction of sp³-hybridized carbons (Fsp3) is 0.179. The van der Waals surface area contributed by atoms with Crippen LogP contribution in [0.15, 0.2) is 83.1 Å². The number of benzene rings is 3. The third kappa shape index (κ3) is 6.71. The number of carbonyl (C=O) groups is 1. The number of methoxy groups -OCH3 is 2. The summed E-state index contributed by atoms with van der Waals surface area (Å²) < 4.78 is 10.6. The number of hydrogen-bond donors (Lipinski definition) is 2. The molecular weight excluding hydrogens is 486 g/mol. The second kappa shape index (κ2) is 12.1. The molecule has 0 spiro atoms. The first-order chi connectivity index (χ1) is 18.0. The highest BCUT2D eigenvalue weighted by Gasteiger charge is 2.16. The molecule has 1 aromatic heterocycles. The molecule has 0 unspecified atom stereocenters. The molecule has 0 atom stereocenters. The number of anilines is 1. The van der Waals surface area contributed by atoms with E-state index in [4.69, 9.17) is 14.5 Å². The number of hydrogen-bond acceptors (Lipinski definition) is 7. The van der Waals surface area contributed by atoms with Gasteiger partial charge in [0.1, 0.15) is 11.5 Å². The molecule has 4 aromatic rings. The van der Waals surface area contributed by atoms with Crippen molar-refractivity contribution in [1.82, 2.24) is 15.4 Å². The van der Waals surface area contributed by atoms with Gasteiger partial charge in [0.15, 0.2) is 5.16 Å². The van der Waals surface area contributed by atoms with Crippen molar-refractivity contribution in [1.29, 1.82) is 0 Å². The lowest BCUT2D eigenvalue weighted by atomic mass is 10.0. The number of H-pyrrole nitrogens is 1. The Hall–Kier alpha value is -4.24. The highest BCUT2D eigenvalue weighted by atomic mass is 32.2. The first kappa shape index (κ1) is 25.8. The molecule has 190 valence electrons. The second-order valence-corrected chi connectivity index (χ2v) is 9.25. The zero-order valence-corrected chi connectivity index (χ0v) is 22.0. The van der Waals surface area contributed by atoms with Crippen LogP contribution in [0.3, 0.4) is 0 Å². The van der Waals surface area contributed by atoms with E-state index in [2.05, 4.69) is 15.5 Å². The third-order valence-electron chi connectivity index (χ3n) is 5.58. The molecule has 1 heterocycles. The van der Waals surface area contributed by atoms with Gasteiger partial charge in [-0.05, 0) is 66.2 Å². The summed E-state index contributed by atoms with van der Waals surface area (Å²) in [7, 11) is 7.25. The Morgan fingerprint density at radius 1 is 0.946 bits per heavy atom. The van der Waals surface area contributed by atoms with E-state index in [1.54, 1.807) is 20.4 Å². The van der Waals surface area contributed by atoms with Gasteiger partial charge in [0.2, 0.25) is 0 Å². The van der Waals surface area contributed by atoms with Crippen LogP contribution in [0.1, 0.15) is 5.56 Å². The molecule has 2 N–H and O–H groups in total. The van der Waals surface area contributed by atoms with Crippen LogP contribution in [0.5, 0.6) is 11.5 Å². The fourth-order valence-electron chi connectivity index (χ4n) is 3.55. The lowest BCUT2D eigenvalue weighted by Gasteiger charge is -2.11. The number of hydrazone groups is 1. The van der Waals surface area contributed by atoms with Gasteiger partial charge in [0.05, 0.1) is 37.6 Å². The molecule has 37 heavy (non-hydrogen) atoms. The van der Waals surface area contributed by atoms with E-state index in [0.29, 0.717) is 5.16 Å². The molecule has 8 nitrogen and oxygen atoms in total. The zero-order chi connectivity index (χ0) is 26.2. The second-order valence-electron chi connectivity index (χ2n) is 8.29. The monoisotopic (exact) mass is 515 g/mol. The van der Waals surface area contributed by atoms with Crippen LogP contribution in [-0.2, 0) is 4.79 Å². The number of rotatable bonds is 10. The van der Waals surface area contributed by atoms with E-state index < -0.39 is 0 Å². The van der Waals surface area contributed by atoms with Crippen LogP contribution >= 0.6 is 11.8 Å². The van der Waals surface area contributed by atoms with Gasteiger partial charge in [-0.15, -0.1) is 0 Å². The lowest BCUT2D eigenvalue weighted by molar-refractivity contribution is -0.118. The van der Waals surface area contributed by atoms with E-state index in [0.717, 1.165) is 45.3 Å². The molecule has 3 aromatic carbocycles. The largest absolute Gasteiger partial charge is 0.497 e. The first-order valence-electron chi connectivity index (χ1n) is 11.6. The normalized spacial score (nSPS) is 10.9. The van der Waals surface area contributed by atoms with Gasteiger partial charge in [0.25, 0.3) is 5.91 Å². The maximum absolute atomic E-state index is 12.4. The van der Waals surface area contributed by atoms with Crippen LogP contribution in [-0.4, -0.2) is 56.2 Å². The summed E-state index contributed by atoms with van der Waals surface area (Å²) >= 11 is 1.31. The number of amides is 1. The zero-order valence-electron chi connectivity index (χ0n) is 21.2. The van der Waals surface area contributed by atoms with Gasteiger partial charge in [-0.3, -0.25) is 4.79 Å². The smallest absolute Gasteiger partial charge is 0.250 e. The van der Waals surface area contributed by atoms with Crippen molar-refractivity contribution in [2.45, 2.75) is 5.16 Å². The minimum Gasteiger partial charge on any atom is -0.497 e. The first-order valence-corrected chi connectivity index (χ1v) is 12.6. The molecule has 0 aliphatic rings. The van der Waals surface area contributed by atoms with Gasteiger partial charge < -0.3 is 19.4 Å². The third-order valence-corrected chi connectivity index (χ3v) is 6.45. The van der Waals surface area contributed by atoms with Crippen molar-refractivity contribution in [3.63, 3.8) is 0 Å². The molecular formula is C28H29N5O3S. The summed E-state index contributed by atoms with van der Waals surface area (Å²) in [5.74, 6) is 1.48. The molecule has 9 heteroatoms. The average molecular weight is 516 g/mol. The Morgan fingerprint density at radius 2 is 1.54 bits per heavy atom. The lowest BCUT2D eigenvalue weighted by Crippen LogP contribution is -2.19. The maximum atomic E-state index is 12.4. The van der Waals surface area contributed by atoms with Crippen LogP contribution in [0, 0.1) is 0 Å². The minimum absolute atomic E-state index is 0.161. The van der Waals surface area contributed by atoms with Gasteiger partial charge >= 0.3 is 0 Å². The summed E-state index contributed by atoms with van der Waals surface area (Å²) in [5.41, 5.74) is 8.11. The van der Waals surface area contributed by atoms with Crippen molar-refractivity contribution in [2.75, 3.05) is 39.0 Å². The maximum Gasteiger partial charge on any atom is 0.250 e. The van der Waals surface area contributed by atoms with E-state index >= 15 is 0 Å². The predicted molar refractivity (Wildman–Crippen MR) is 150 cm³/mol. The quantitative estimate of drug-likeness (QED) is 0.174. The van der Waals surface area contributed by atoms with Crippen LogP contribution in [0.2, 0.25) is 0 Å². The molecule has 1 amide bonds. The van der Waals surface area contributed by atoms with Crippen LogP contribution in [0.25, 0.3) is 22.5 Å². The number of aromatic amines is 1. The van der Waals surface area contributed by atoms with Gasteiger partial charge in [-0.25, -0.2) is 10.4 Å². The average Bonchev–Trinajstić information content (AvgIpc) is 3.36. The summed E-state index contributed by atoms with van der Waals surface area (Å²) in [6.07, 6.45) is 1.62. The van der Waals surface area contributed by atoms with Crippen LogP contribution in [0.4, 0.5) is 5.69 Å². The van der Waals surface area contributed by atoms with Crippen molar-refractivity contribution >= 4 is 29.6 Å². The van der Waals surface area contributed by atoms with Gasteiger partial charge in [-0.2, -0.15) is 5.10 Å². The molecule has 0 radical (unpaired) electrons. The molecule has 0 fully saturated rings. The van der Waals surface area contributed by atoms with Crippen molar-refractivity contribution in [3.05, 3.63) is 78.4 Å². The van der Waals surface area contributed by atoms with Crippen molar-refractivity contribution in [2.24, 2.45) is 5.10 Å². The number of nitrogens with one attached hydrogen (secondary N) is 2. The highest BCUT2D eigenvalue weighted by molar-refractivity contribution is 7.99. The summed E-state index contributed by atoms with van der Waals surface area (Å²) in [5, 5.41) is 4.71. The number of nitrogens with zero attached hydrogens (tertiary/aromatic N) is 3. The number of ether oxygens (including phenoxy) is 2. The fourth-order valence-corrected chi connectivity index (χ4v) is 4.21. The number of thioether (sulfide) groups is 1. The van der Waals surface area contributed by atoms with E-state index in [1.807, 2.05) is 91.8 Å². The van der Waals surface area contributed by atoms with Crippen LogP contribution < -0.4 is 19.8 Å². The van der Waals surface area contributed by atoms with E-state index in [-0.39, 0.29) is 11.7 Å². The number of imidazole rings is 1. The topological polar surface area (TPSA) is 91.8 Å². The number of aromatic nitrogens is 2. The molecule has 0 aliphatic carbocycles. The molecule has 0 saturated carbocycles. The standard InChI is InChI=1S/C28H29N5O3S/c1-33(2)22-11-5-19(6-12-22)17-29-32-25(34)18-37-28-30-26(20-7-13-23(35-3)14-8-20)27(31-28)21-9-15-24(36-4)16-10-21/h5-17H,18H2,1-4H3,(H,30,31)(H,32,34)/b29-17+. The Bertz CT molecular complexity index is 1280. The van der Waals surface area contributed by atoms with Crippen molar-refractivity contribution < 1.29 is 14.3 Å². The molecule has 4 rings (SSSR count). The molecule has 0 bridgehead atoms. The summed E-state index contributed by atoms with van der Waals surface area (Å²) in [4.78, 5) is 22.6. The highest BCUT2D eigenvalue weighted by Crippen LogP contribution is 2.34. The van der Waals surface area contributed by atoms with Gasteiger partial charge in [-0.1, -0.05) is 23.9 Å².